The van der Waals surface area contributed by atoms with Gasteiger partial charge in [0.1, 0.15) is 0 Å². The number of rotatable bonds is 3. The summed E-state index contributed by atoms with van der Waals surface area (Å²) < 4.78 is 0. The molecule has 0 aromatic heterocycles. The average Bonchev–Trinajstić information content (AvgIpc) is 2.29. The van der Waals surface area contributed by atoms with Gasteiger partial charge in [-0.25, -0.2) is 0 Å². The second-order valence-electron chi connectivity index (χ2n) is 3.44. The molecule has 0 spiro atoms. The van der Waals surface area contributed by atoms with Crippen molar-refractivity contribution in [2.75, 3.05) is 5.43 Å². The van der Waals surface area contributed by atoms with Crippen LogP contribution >= 0.6 is 23.2 Å². The van der Waals surface area contributed by atoms with Crippen LogP contribution in [-0.2, 0) is 0 Å². The first-order valence-corrected chi connectivity index (χ1v) is 5.80. The van der Waals surface area contributed by atoms with E-state index < -0.39 is 0 Å². The summed E-state index contributed by atoms with van der Waals surface area (Å²) in [5.74, 6) is 0. The van der Waals surface area contributed by atoms with Gasteiger partial charge in [-0.15, -0.1) is 0 Å². The summed E-state index contributed by atoms with van der Waals surface area (Å²) in [5, 5.41) is 5.47. The molecule has 0 atom stereocenters. The van der Waals surface area contributed by atoms with E-state index in [9.17, 15) is 0 Å². The molecule has 2 nitrogen and oxygen atoms in total. The molecule has 0 saturated heterocycles. The van der Waals surface area contributed by atoms with Crippen molar-refractivity contribution in [2.24, 2.45) is 5.10 Å². The highest BCUT2D eigenvalue weighted by molar-refractivity contribution is 6.31. The highest BCUT2D eigenvalue weighted by atomic mass is 35.5. The minimum absolute atomic E-state index is 0.674. The van der Waals surface area contributed by atoms with Crippen LogP contribution in [0.4, 0.5) is 5.69 Å². The number of nitrogens with zero attached hydrogens (tertiary/aromatic N) is 1. The quantitative estimate of drug-likeness (QED) is 0.644. The lowest BCUT2D eigenvalue weighted by Gasteiger charge is -2.00. The van der Waals surface area contributed by atoms with E-state index in [4.69, 9.17) is 23.2 Å². The maximum atomic E-state index is 5.86. The molecule has 0 aliphatic heterocycles. The molecule has 0 fully saturated rings. The Kier molecular flexibility index (Phi) is 4.02. The maximum absolute atomic E-state index is 5.86. The molecule has 0 saturated carbocycles. The average molecular weight is 265 g/mol. The van der Waals surface area contributed by atoms with E-state index in [2.05, 4.69) is 10.5 Å². The Bertz CT molecular complexity index is 538. The van der Waals surface area contributed by atoms with Gasteiger partial charge in [-0.3, -0.25) is 5.43 Å². The zero-order valence-electron chi connectivity index (χ0n) is 8.90. The van der Waals surface area contributed by atoms with Crippen molar-refractivity contribution < 1.29 is 0 Å². The Labute approximate surface area is 110 Å². The van der Waals surface area contributed by atoms with Gasteiger partial charge in [0.05, 0.1) is 11.9 Å². The molecular formula is C13H10Cl2N2. The molecular weight excluding hydrogens is 255 g/mol. The summed E-state index contributed by atoms with van der Waals surface area (Å²) in [6.07, 6.45) is 1.70. The number of anilines is 1. The fraction of sp³-hybridized carbons (Fsp3) is 0. The molecule has 0 aliphatic carbocycles. The van der Waals surface area contributed by atoms with Gasteiger partial charge in [0, 0.05) is 10.0 Å². The van der Waals surface area contributed by atoms with Crippen LogP contribution in [0.2, 0.25) is 10.0 Å². The highest BCUT2D eigenvalue weighted by Gasteiger charge is 1.91. The summed E-state index contributed by atoms with van der Waals surface area (Å²) in [6, 6.07) is 14.8. The minimum Gasteiger partial charge on any atom is -0.278 e. The lowest BCUT2D eigenvalue weighted by atomic mass is 10.2. The minimum atomic E-state index is 0.674. The number of hydrazone groups is 1. The van der Waals surface area contributed by atoms with Crippen molar-refractivity contribution >= 4 is 35.1 Å². The molecule has 0 heterocycles. The molecule has 86 valence electrons. The smallest absolute Gasteiger partial charge is 0.0576 e. The fourth-order valence-electron chi connectivity index (χ4n) is 1.33. The zero-order valence-corrected chi connectivity index (χ0v) is 10.4. The van der Waals surface area contributed by atoms with Gasteiger partial charge in [0.15, 0.2) is 0 Å². The van der Waals surface area contributed by atoms with Gasteiger partial charge in [-0.05, 0) is 35.9 Å². The Morgan fingerprint density at radius 3 is 2.35 bits per heavy atom. The summed E-state index contributed by atoms with van der Waals surface area (Å²) in [6.45, 7) is 0. The molecule has 0 radical (unpaired) electrons. The highest BCUT2D eigenvalue weighted by Crippen LogP contribution is 2.14. The Morgan fingerprint density at radius 1 is 0.941 bits per heavy atom. The molecule has 1 N–H and O–H groups in total. The molecule has 0 bridgehead atoms. The third-order valence-electron chi connectivity index (χ3n) is 2.08. The van der Waals surface area contributed by atoms with Crippen molar-refractivity contribution in [1.29, 1.82) is 0 Å². The molecule has 17 heavy (non-hydrogen) atoms. The largest absolute Gasteiger partial charge is 0.278 e. The predicted molar refractivity (Wildman–Crippen MR) is 74.1 cm³/mol. The van der Waals surface area contributed by atoms with Crippen LogP contribution in [0.1, 0.15) is 5.56 Å². The van der Waals surface area contributed by atoms with Crippen molar-refractivity contribution in [3.05, 3.63) is 64.1 Å². The molecule has 2 aromatic rings. The number of hydrogen-bond donors (Lipinski definition) is 1. The van der Waals surface area contributed by atoms with Crippen LogP contribution in [0.3, 0.4) is 0 Å². The second-order valence-corrected chi connectivity index (χ2v) is 4.31. The van der Waals surface area contributed by atoms with Crippen LogP contribution in [0.25, 0.3) is 0 Å². The molecule has 2 aromatic carbocycles. The lowest BCUT2D eigenvalue weighted by molar-refractivity contribution is 1.35. The first-order chi connectivity index (χ1) is 8.24. The first kappa shape index (κ1) is 12.0. The van der Waals surface area contributed by atoms with Gasteiger partial charge in [0.25, 0.3) is 0 Å². The second kappa shape index (κ2) is 5.71. The van der Waals surface area contributed by atoms with E-state index in [1.54, 1.807) is 12.3 Å². The third kappa shape index (κ3) is 3.77. The SMILES string of the molecule is Clc1cccc(C=NNc2cccc(Cl)c2)c1. The summed E-state index contributed by atoms with van der Waals surface area (Å²) in [4.78, 5) is 0. The number of nitrogens with one attached hydrogen (secondary N) is 1. The van der Waals surface area contributed by atoms with E-state index in [1.807, 2.05) is 42.5 Å². The topological polar surface area (TPSA) is 24.4 Å². The van der Waals surface area contributed by atoms with Crippen molar-refractivity contribution in [3.8, 4) is 0 Å². The van der Waals surface area contributed by atoms with E-state index in [0.717, 1.165) is 11.3 Å². The van der Waals surface area contributed by atoms with Crippen LogP contribution in [0, 0.1) is 0 Å². The molecule has 2 rings (SSSR count). The van der Waals surface area contributed by atoms with Crippen molar-refractivity contribution in [2.45, 2.75) is 0 Å². The molecule has 0 aliphatic rings. The summed E-state index contributed by atoms with van der Waals surface area (Å²) in [5.41, 5.74) is 4.68. The van der Waals surface area contributed by atoms with Gasteiger partial charge in [-0.2, -0.15) is 5.10 Å². The summed E-state index contributed by atoms with van der Waals surface area (Å²) in [7, 11) is 0. The van der Waals surface area contributed by atoms with Crippen molar-refractivity contribution in [1.82, 2.24) is 0 Å². The number of benzene rings is 2. The van der Waals surface area contributed by atoms with E-state index in [-0.39, 0.29) is 0 Å². The third-order valence-corrected chi connectivity index (χ3v) is 2.55. The molecule has 0 amide bonds. The molecule has 4 heteroatoms. The number of halogens is 2. The Balaban J connectivity index is 2.03. The zero-order chi connectivity index (χ0) is 12.1. The lowest BCUT2D eigenvalue weighted by Crippen LogP contribution is -1.90. The van der Waals surface area contributed by atoms with Crippen LogP contribution in [0.15, 0.2) is 53.6 Å². The standard InChI is InChI=1S/C13H10Cl2N2/c14-11-4-1-3-10(7-11)9-16-17-13-6-2-5-12(15)8-13/h1-9,17H. The van der Waals surface area contributed by atoms with Gasteiger partial charge >= 0.3 is 0 Å². The number of hydrogen-bond acceptors (Lipinski definition) is 2. The van der Waals surface area contributed by atoms with E-state index >= 15 is 0 Å². The van der Waals surface area contributed by atoms with E-state index in [0.29, 0.717) is 10.0 Å². The summed E-state index contributed by atoms with van der Waals surface area (Å²) >= 11 is 11.7. The van der Waals surface area contributed by atoms with E-state index in [1.165, 1.54) is 0 Å². The first-order valence-electron chi connectivity index (χ1n) is 5.04. The molecule has 0 unspecified atom stereocenters. The Morgan fingerprint density at radius 2 is 1.65 bits per heavy atom. The van der Waals surface area contributed by atoms with Gasteiger partial charge in [-0.1, -0.05) is 41.4 Å². The van der Waals surface area contributed by atoms with Crippen LogP contribution in [0.5, 0.6) is 0 Å². The van der Waals surface area contributed by atoms with Gasteiger partial charge in [0.2, 0.25) is 0 Å². The van der Waals surface area contributed by atoms with Gasteiger partial charge < -0.3 is 0 Å². The fourth-order valence-corrected chi connectivity index (χ4v) is 1.72. The monoisotopic (exact) mass is 264 g/mol. The maximum Gasteiger partial charge on any atom is 0.0576 e. The predicted octanol–water partition coefficient (Wildman–Crippen LogP) is 4.44. The normalized spacial score (nSPS) is 10.7. The Hall–Kier alpha value is -1.51. The van der Waals surface area contributed by atoms with Crippen LogP contribution in [-0.4, -0.2) is 6.21 Å². The van der Waals surface area contributed by atoms with Crippen molar-refractivity contribution in [3.63, 3.8) is 0 Å². The van der Waals surface area contributed by atoms with Crippen LogP contribution < -0.4 is 5.43 Å².